The first-order valence-electron chi connectivity index (χ1n) is 11.4. The van der Waals surface area contributed by atoms with Crippen LogP contribution < -0.4 is 10.2 Å². The van der Waals surface area contributed by atoms with Gasteiger partial charge in [-0.15, -0.1) is 0 Å². The third-order valence-corrected chi connectivity index (χ3v) is 6.49. The van der Waals surface area contributed by atoms with Crippen LogP contribution >= 0.6 is 0 Å². The maximum atomic E-state index is 13.8. The van der Waals surface area contributed by atoms with E-state index in [1.165, 1.54) is 0 Å². The van der Waals surface area contributed by atoms with Gasteiger partial charge in [-0.25, -0.2) is 0 Å². The number of nitrogens with zero attached hydrogens (tertiary/aromatic N) is 4. The maximum absolute atomic E-state index is 13.8. The van der Waals surface area contributed by atoms with Crippen molar-refractivity contribution in [3.05, 3.63) is 41.2 Å². The predicted octanol–water partition coefficient (Wildman–Crippen LogP) is 3.11. The van der Waals surface area contributed by atoms with E-state index in [9.17, 15) is 9.59 Å². The van der Waals surface area contributed by atoms with Gasteiger partial charge in [0, 0.05) is 38.4 Å². The van der Waals surface area contributed by atoms with Crippen LogP contribution in [0.2, 0.25) is 0 Å². The van der Waals surface area contributed by atoms with Crippen LogP contribution in [0.5, 0.6) is 0 Å². The van der Waals surface area contributed by atoms with Crippen molar-refractivity contribution in [3.63, 3.8) is 0 Å². The van der Waals surface area contributed by atoms with Crippen LogP contribution in [-0.4, -0.2) is 66.0 Å². The van der Waals surface area contributed by atoms with E-state index in [0.717, 1.165) is 61.7 Å². The van der Waals surface area contributed by atoms with Crippen LogP contribution in [0.4, 0.5) is 17.1 Å². The van der Waals surface area contributed by atoms with Gasteiger partial charge < -0.3 is 14.8 Å². The highest BCUT2D eigenvalue weighted by atomic mass is 16.2. The summed E-state index contributed by atoms with van der Waals surface area (Å²) in [4.78, 5) is 33.5. The molecule has 0 radical (unpaired) electrons. The number of aromatic nitrogens is 1. The molecular formula is C24H33N5O2. The molecule has 166 valence electrons. The molecule has 31 heavy (non-hydrogen) atoms. The number of para-hydroxylation sites is 2. The molecule has 7 heteroatoms. The fraction of sp³-hybridized carbons (Fsp3) is 0.500. The third-order valence-electron chi connectivity index (χ3n) is 6.49. The average molecular weight is 424 g/mol. The summed E-state index contributed by atoms with van der Waals surface area (Å²) in [5.74, 6) is -0.131. The lowest BCUT2D eigenvalue weighted by atomic mass is 10.1. The van der Waals surface area contributed by atoms with Crippen LogP contribution in [0, 0.1) is 0 Å². The van der Waals surface area contributed by atoms with Gasteiger partial charge in [0.25, 0.3) is 5.91 Å². The zero-order valence-electron chi connectivity index (χ0n) is 19.1. The Morgan fingerprint density at radius 3 is 2.39 bits per heavy atom. The molecule has 0 atom stereocenters. The standard InChI is InChI=1S/C24H33N5O2/c1-5-17-19(6-2)28(7-3)23-22(17)29(20-11-9-8-10-18(20)25-24(23)31)21(30)16-27-14-12-26(4)13-15-27/h8-11H,5-7,12-16H2,1-4H3,(H,25,31). The molecule has 2 amide bonds. The normalized spacial score (nSPS) is 17.2. The van der Waals surface area contributed by atoms with E-state index >= 15 is 0 Å². The van der Waals surface area contributed by atoms with Crippen molar-refractivity contribution in [2.75, 3.05) is 50.0 Å². The third kappa shape index (κ3) is 3.77. The summed E-state index contributed by atoms with van der Waals surface area (Å²) in [6.07, 6.45) is 1.59. The summed E-state index contributed by atoms with van der Waals surface area (Å²) < 4.78 is 2.09. The first kappa shape index (κ1) is 21.6. The summed E-state index contributed by atoms with van der Waals surface area (Å²) >= 11 is 0. The van der Waals surface area contributed by atoms with Gasteiger partial charge in [-0.3, -0.25) is 19.4 Å². The lowest BCUT2D eigenvalue weighted by molar-refractivity contribution is -0.119. The molecule has 2 aliphatic heterocycles. The molecule has 1 N–H and O–H groups in total. The molecule has 0 unspecified atom stereocenters. The quantitative estimate of drug-likeness (QED) is 0.803. The molecule has 1 aromatic heterocycles. The fourth-order valence-electron chi connectivity index (χ4n) is 4.90. The van der Waals surface area contributed by atoms with E-state index in [1.807, 2.05) is 29.2 Å². The van der Waals surface area contributed by atoms with Gasteiger partial charge >= 0.3 is 0 Å². The minimum Gasteiger partial charge on any atom is -0.339 e. The second-order valence-electron chi connectivity index (χ2n) is 8.35. The second kappa shape index (κ2) is 8.85. The number of hydrogen-bond acceptors (Lipinski definition) is 4. The number of rotatable bonds is 5. The number of carbonyl (C=O) groups is 2. The molecule has 1 saturated heterocycles. The Labute approximate surface area is 184 Å². The molecular weight excluding hydrogens is 390 g/mol. The summed E-state index contributed by atoms with van der Waals surface area (Å²) in [5, 5.41) is 3.06. The Morgan fingerprint density at radius 2 is 1.74 bits per heavy atom. The number of amides is 2. The number of fused-ring (bicyclic) bond motifs is 2. The number of piperazine rings is 1. The van der Waals surface area contributed by atoms with Gasteiger partial charge in [0.05, 0.1) is 23.6 Å². The Kier molecular flexibility index (Phi) is 6.16. The van der Waals surface area contributed by atoms with E-state index in [1.54, 1.807) is 0 Å². The van der Waals surface area contributed by atoms with E-state index in [0.29, 0.717) is 24.5 Å². The molecule has 2 aliphatic rings. The summed E-state index contributed by atoms with van der Waals surface area (Å²) in [6, 6.07) is 7.62. The first-order valence-corrected chi connectivity index (χ1v) is 11.4. The van der Waals surface area contributed by atoms with Crippen molar-refractivity contribution < 1.29 is 9.59 Å². The Hall–Kier alpha value is -2.64. The zero-order valence-corrected chi connectivity index (χ0v) is 19.1. The van der Waals surface area contributed by atoms with Crippen molar-refractivity contribution in [2.45, 2.75) is 40.2 Å². The number of nitrogens with one attached hydrogen (secondary N) is 1. The van der Waals surface area contributed by atoms with Crippen LogP contribution in [0.15, 0.2) is 24.3 Å². The molecule has 3 heterocycles. The largest absolute Gasteiger partial charge is 0.339 e. The molecule has 2 aromatic rings. The summed E-state index contributed by atoms with van der Waals surface area (Å²) in [5.41, 5.74) is 5.03. The van der Waals surface area contributed by atoms with Crippen molar-refractivity contribution >= 4 is 28.9 Å². The van der Waals surface area contributed by atoms with Gasteiger partial charge in [0.1, 0.15) is 5.69 Å². The van der Waals surface area contributed by atoms with Crippen LogP contribution in [-0.2, 0) is 24.2 Å². The number of carbonyl (C=O) groups excluding carboxylic acids is 2. The highest BCUT2D eigenvalue weighted by Gasteiger charge is 2.36. The van der Waals surface area contributed by atoms with E-state index in [2.05, 4.69) is 47.5 Å². The number of hydrogen-bond donors (Lipinski definition) is 1. The Balaban J connectivity index is 1.86. The minimum atomic E-state index is -0.145. The monoisotopic (exact) mass is 423 g/mol. The molecule has 0 spiro atoms. The molecule has 1 fully saturated rings. The first-order chi connectivity index (χ1) is 15.0. The van der Waals surface area contributed by atoms with Crippen molar-refractivity contribution in [1.82, 2.24) is 14.4 Å². The Morgan fingerprint density at radius 1 is 1.03 bits per heavy atom. The molecule has 0 bridgehead atoms. The number of anilines is 3. The smallest absolute Gasteiger partial charge is 0.274 e. The molecule has 1 aromatic carbocycles. The van der Waals surface area contributed by atoms with Crippen LogP contribution in [0.25, 0.3) is 0 Å². The zero-order chi connectivity index (χ0) is 22.1. The van der Waals surface area contributed by atoms with Gasteiger partial charge in [-0.05, 0) is 44.5 Å². The summed E-state index contributed by atoms with van der Waals surface area (Å²) in [6.45, 7) is 11.0. The van der Waals surface area contributed by atoms with Gasteiger partial charge in [-0.2, -0.15) is 0 Å². The van der Waals surface area contributed by atoms with Crippen molar-refractivity contribution in [2.24, 2.45) is 0 Å². The Bertz CT molecular complexity index is 988. The molecule has 0 saturated carbocycles. The highest BCUT2D eigenvalue weighted by Crippen LogP contribution is 2.43. The van der Waals surface area contributed by atoms with Gasteiger partial charge in [0.15, 0.2) is 0 Å². The molecule has 7 nitrogen and oxygen atoms in total. The van der Waals surface area contributed by atoms with Crippen molar-refractivity contribution in [1.29, 1.82) is 0 Å². The maximum Gasteiger partial charge on any atom is 0.274 e. The highest BCUT2D eigenvalue weighted by molar-refractivity contribution is 6.18. The van der Waals surface area contributed by atoms with E-state index in [4.69, 9.17) is 0 Å². The van der Waals surface area contributed by atoms with E-state index < -0.39 is 0 Å². The van der Waals surface area contributed by atoms with Gasteiger partial charge in [-0.1, -0.05) is 26.0 Å². The second-order valence-corrected chi connectivity index (χ2v) is 8.35. The SMILES string of the molecule is CCc1c2c(n(CC)c1CC)C(=O)Nc1ccccc1N2C(=O)CN1CCN(C)CC1. The van der Waals surface area contributed by atoms with Crippen LogP contribution in [0.3, 0.4) is 0 Å². The van der Waals surface area contributed by atoms with Gasteiger partial charge in [0.2, 0.25) is 5.91 Å². The predicted molar refractivity (Wildman–Crippen MR) is 124 cm³/mol. The number of benzene rings is 1. The lowest BCUT2D eigenvalue weighted by Crippen LogP contribution is -2.48. The van der Waals surface area contributed by atoms with E-state index in [-0.39, 0.29) is 11.8 Å². The summed E-state index contributed by atoms with van der Waals surface area (Å²) in [7, 11) is 2.11. The number of likely N-dealkylation sites (N-methyl/N-ethyl adjacent to an activating group) is 1. The lowest BCUT2D eigenvalue weighted by Gasteiger charge is -2.33. The van der Waals surface area contributed by atoms with Crippen molar-refractivity contribution in [3.8, 4) is 0 Å². The topological polar surface area (TPSA) is 60.8 Å². The van der Waals surface area contributed by atoms with Crippen LogP contribution in [0.1, 0.15) is 42.5 Å². The average Bonchev–Trinajstić information content (AvgIpc) is 3.03. The molecule has 0 aliphatic carbocycles. The fourth-order valence-corrected chi connectivity index (χ4v) is 4.90. The molecule has 4 rings (SSSR count). The minimum absolute atomic E-state index is 0.0142.